The molecule has 20 heavy (non-hydrogen) atoms. The lowest BCUT2D eigenvalue weighted by molar-refractivity contribution is 0.0996. The van der Waals surface area contributed by atoms with Crippen LogP contribution < -0.4 is 16.2 Å². The number of nitrogen functional groups attached to an aromatic ring is 1. The zero-order valence-corrected chi connectivity index (χ0v) is 10.5. The molecule has 0 bridgehead atoms. The van der Waals surface area contributed by atoms with E-state index in [1.54, 1.807) is 24.3 Å². The molecular weight excluding hydrogens is 256 g/mol. The number of amides is 1. The van der Waals surface area contributed by atoms with Crippen LogP contribution in [0.25, 0.3) is 0 Å². The fraction of sp³-hybridized carbons (Fsp3) is 0.0714. The zero-order valence-electron chi connectivity index (χ0n) is 10.5. The number of primary amides is 1. The molecule has 0 aliphatic carbocycles. The Morgan fingerprint density at radius 3 is 2.85 bits per heavy atom. The maximum atomic E-state index is 11.3. The van der Waals surface area contributed by atoms with Crippen LogP contribution in [0.2, 0.25) is 0 Å². The molecule has 0 aliphatic rings. The molecule has 1 amide bonds. The van der Waals surface area contributed by atoms with Crippen molar-refractivity contribution < 1.29 is 9.53 Å². The van der Waals surface area contributed by atoms with E-state index in [2.05, 4.69) is 4.98 Å². The Morgan fingerprint density at radius 2 is 2.15 bits per heavy atom. The van der Waals surface area contributed by atoms with Crippen molar-refractivity contribution in [3.05, 3.63) is 53.3 Å². The average molecular weight is 268 g/mol. The number of aromatic nitrogens is 1. The first-order chi connectivity index (χ1) is 9.63. The number of hydrogen-bond donors (Lipinski definition) is 2. The third-order valence-electron chi connectivity index (χ3n) is 2.68. The summed E-state index contributed by atoms with van der Waals surface area (Å²) in [7, 11) is 0. The molecule has 6 nitrogen and oxygen atoms in total. The Bertz CT molecular complexity index is 692. The first-order valence-electron chi connectivity index (χ1n) is 5.78. The second-order valence-electron chi connectivity index (χ2n) is 4.00. The third-order valence-corrected chi connectivity index (χ3v) is 2.68. The molecule has 0 saturated carbocycles. The normalized spacial score (nSPS) is 9.75. The maximum absolute atomic E-state index is 11.3. The fourth-order valence-electron chi connectivity index (χ4n) is 1.72. The molecule has 2 aromatic rings. The van der Waals surface area contributed by atoms with E-state index in [1.165, 1.54) is 12.3 Å². The van der Waals surface area contributed by atoms with Crippen LogP contribution in [0.5, 0.6) is 5.75 Å². The highest BCUT2D eigenvalue weighted by Gasteiger charge is 2.13. The minimum atomic E-state index is -0.626. The van der Waals surface area contributed by atoms with Crippen LogP contribution in [0, 0.1) is 11.3 Å². The van der Waals surface area contributed by atoms with Crippen LogP contribution in [-0.4, -0.2) is 10.9 Å². The lowest BCUT2D eigenvalue weighted by Crippen LogP contribution is -2.14. The van der Waals surface area contributed by atoms with Gasteiger partial charge in [0.05, 0.1) is 11.3 Å². The van der Waals surface area contributed by atoms with Crippen LogP contribution in [-0.2, 0) is 6.61 Å². The number of para-hydroxylation sites is 1. The van der Waals surface area contributed by atoms with Crippen LogP contribution in [0.4, 0.5) is 5.69 Å². The number of ether oxygens (including phenoxy) is 1. The van der Waals surface area contributed by atoms with Crippen LogP contribution in [0.1, 0.15) is 21.6 Å². The number of hydrogen-bond acceptors (Lipinski definition) is 5. The van der Waals surface area contributed by atoms with Crippen molar-refractivity contribution in [3.8, 4) is 11.8 Å². The molecule has 0 atom stereocenters. The SMILES string of the molecule is N#Cc1ncccc1COc1c(N)cccc1C(N)=O. The van der Waals surface area contributed by atoms with Crippen LogP contribution in [0.15, 0.2) is 36.5 Å². The number of rotatable bonds is 4. The van der Waals surface area contributed by atoms with Gasteiger partial charge < -0.3 is 16.2 Å². The molecule has 0 spiro atoms. The second-order valence-corrected chi connectivity index (χ2v) is 4.00. The Labute approximate surface area is 115 Å². The van der Waals surface area contributed by atoms with Gasteiger partial charge in [-0.2, -0.15) is 5.26 Å². The third kappa shape index (κ3) is 2.67. The first kappa shape index (κ1) is 13.4. The Kier molecular flexibility index (Phi) is 3.82. The number of nitrogens with zero attached hydrogens (tertiary/aromatic N) is 2. The molecule has 0 unspecified atom stereocenters. The summed E-state index contributed by atoms with van der Waals surface area (Å²) in [6.07, 6.45) is 1.52. The van der Waals surface area contributed by atoms with Crippen molar-refractivity contribution in [2.45, 2.75) is 6.61 Å². The topological polar surface area (TPSA) is 115 Å². The van der Waals surface area contributed by atoms with Crippen molar-refractivity contribution in [2.75, 3.05) is 5.73 Å². The molecule has 4 N–H and O–H groups in total. The summed E-state index contributed by atoms with van der Waals surface area (Å²) in [6.45, 7) is 0.0746. The highest BCUT2D eigenvalue weighted by Crippen LogP contribution is 2.27. The van der Waals surface area contributed by atoms with Gasteiger partial charge in [-0.3, -0.25) is 4.79 Å². The number of carbonyl (C=O) groups is 1. The Balaban J connectivity index is 2.28. The highest BCUT2D eigenvalue weighted by atomic mass is 16.5. The molecule has 0 radical (unpaired) electrons. The monoisotopic (exact) mass is 268 g/mol. The van der Waals surface area contributed by atoms with Gasteiger partial charge in [-0.05, 0) is 18.2 Å². The minimum absolute atomic E-state index is 0.0746. The number of nitriles is 1. The summed E-state index contributed by atoms with van der Waals surface area (Å²) < 4.78 is 5.54. The fourth-order valence-corrected chi connectivity index (χ4v) is 1.72. The van der Waals surface area contributed by atoms with Gasteiger partial charge in [0.2, 0.25) is 0 Å². The van der Waals surface area contributed by atoms with Gasteiger partial charge in [-0.1, -0.05) is 12.1 Å². The van der Waals surface area contributed by atoms with Crippen molar-refractivity contribution in [3.63, 3.8) is 0 Å². The Morgan fingerprint density at radius 1 is 1.35 bits per heavy atom. The summed E-state index contributed by atoms with van der Waals surface area (Å²) in [5.74, 6) is -0.410. The van der Waals surface area contributed by atoms with Gasteiger partial charge in [0.15, 0.2) is 5.75 Å². The number of pyridine rings is 1. The van der Waals surface area contributed by atoms with E-state index in [0.29, 0.717) is 11.3 Å². The number of benzene rings is 1. The summed E-state index contributed by atoms with van der Waals surface area (Å²) in [5.41, 5.74) is 12.4. The number of nitrogens with two attached hydrogens (primary N) is 2. The molecule has 0 fully saturated rings. The molecule has 0 saturated heterocycles. The number of anilines is 1. The Hall–Kier alpha value is -3.07. The van der Waals surface area contributed by atoms with E-state index in [9.17, 15) is 4.79 Å². The van der Waals surface area contributed by atoms with Crippen molar-refractivity contribution >= 4 is 11.6 Å². The summed E-state index contributed by atoms with van der Waals surface area (Å²) in [6, 6.07) is 10.1. The van der Waals surface area contributed by atoms with Crippen molar-refractivity contribution in [2.24, 2.45) is 5.73 Å². The van der Waals surface area contributed by atoms with Gasteiger partial charge in [-0.25, -0.2) is 4.98 Å². The molecule has 6 heteroatoms. The smallest absolute Gasteiger partial charge is 0.252 e. The summed E-state index contributed by atoms with van der Waals surface area (Å²) in [4.78, 5) is 15.3. The summed E-state index contributed by atoms with van der Waals surface area (Å²) >= 11 is 0. The van der Waals surface area contributed by atoms with Crippen molar-refractivity contribution in [1.29, 1.82) is 5.26 Å². The van der Waals surface area contributed by atoms with Crippen molar-refractivity contribution in [1.82, 2.24) is 4.98 Å². The zero-order chi connectivity index (χ0) is 14.5. The molecule has 1 heterocycles. The lowest BCUT2D eigenvalue weighted by atomic mass is 10.1. The first-order valence-corrected chi connectivity index (χ1v) is 5.78. The van der Waals surface area contributed by atoms with E-state index in [1.807, 2.05) is 6.07 Å². The van der Waals surface area contributed by atoms with E-state index in [4.69, 9.17) is 21.5 Å². The van der Waals surface area contributed by atoms with Gasteiger partial charge in [0, 0.05) is 11.8 Å². The van der Waals surface area contributed by atoms with E-state index >= 15 is 0 Å². The minimum Gasteiger partial charge on any atom is -0.486 e. The number of carbonyl (C=O) groups excluding carboxylic acids is 1. The standard InChI is InChI=1S/C14H12N4O2/c15-7-12-9(3-2-6-18-12)8-20-13-10(14(17)19)4-1-5-11(13)16/h1-6H,8,16H2,(H2,17,19). The van der Waals surface area contributed by atoms with Gasteiger partial charge >= 0.3 is 0 Å². The molecular formula is C14H12N4O2. The molecule has 2 rings (SSSR count). The molecule has 100 valence electrons. The summed E-state index contributed by atoms with van der Waals surface area (Å²) in [5, 5.41) is 8.95. The average Bonchev–Trinajstić information content (AvgIpc) is 2.46. The highest BCUT2D eigenvalue weighted by molar-refractivity contribution is 5.97. The molecule has 1 aromatic carbocycles. The lowest BCUT2D eigenvalue weighted by Gasteiger charge is -2.12. The van der Waals surface area contributed by atoms with Gasteiger partial charge in [0.25, 0.3) is 5.91 Å². The van der Waals surface area contributed by atoms with E-state index in [-0.39, 0.29) is 23.6 Å². The predicted molar refractivity (Wildman–Crippen MR) is 72.7 cm³/mol. The maximum Gasteiger partial charge on any atom is 0.252 e. The molecule has 0 aliphatic heterocycles. The molecule has 1 aromatic heterocycles. The van der Waals surface area contributed by atoms with Crippen LogP contribution >= 0.6 is 0 Å². The second kappa shape index (κ2) is 5.71. The van der Waals surface area contributed by atoms with Gasteiger partial charge in [0.1, 0.15) is 18.4 Å². The quantitative estimate of drug-likeness (QED) is 0.809. The predicted octanol–water partition coefficient (Wildman–Crippen LogP) is 1.21. The van der Waals surface area contributed by atoms with E-state index in [0.717, 1.165) is 0 Å². The largest absolute Gasteiger partial charge is 0.486 e. The van der Waals surface area contributed by atoms with E-state index < -0.39 is 5.91 Å². The van der Waals surface area contributed by atoms with Gasteiger partial charge in [-0.15, -0.1) is 0 Å². The van der Waals surface area contributed by atoms with Crippen LogP contribution in [0.3, 0.4) is 0 Å².